The van der Waals surface area contributed by atoms with Gasteiger partial charge < -0.3 is 10.8 Å². The van der Waals surface area contributed by atoms with Gasteiger partial charge in [0.1, 0.15) is 0 Å². The van der Waals surface area contributed by atoms with Crippen LogP contribution in [0, 0.1) is 0 Å². The van der Waals surface area contributed by atoms with Crippen molar-refractivity contribution in [1.29, 1.82) is 0 Å². The largest absolute Gasteiger partial charge is 0.388 e. The molecule has 52 valence electrons. The molecule has 0 aromatic carbocycles. The number of nitrogens with two attached hydrogens (primary N) is 1. The van der Waals surface area contributed by atoms with Crippen molar-refractivity contribution in [2.24, 2.45) is 10.8 Å². The van der Waals surface area contributed by atoms with Gasteiger partial charge in [-0.15, -0.1) is 0 Å². The number of rotatable bonds is 2. The maximum absolute atomic E-state index is 9.90. The number of carbonyl (C=O) groups excluding carboxylic acids is 1. The van der Waals surface area contributed by atoms with Gasteiger partial charge in [0.15, 0.2) is 0 Å². The SMILES string of the molecule is CC(O)C=NNC(N)=O. The Balaban J connectivity index is 3.36. The predicted molar refractivity (Wildman–Crippen MR) is 32.9 cm³/mol. The first-order valence-corrected chi connectivity index (χ1v) is 2.39. The zero-order valence-electron chi connectivity index (χ0n) is 5.03. The number of nitrogens with one attached hydrogen (secondary N) is 1. The molecule has 0 rings (SSSR count). The van der Waals surface area contributed by atoms with Crippen molar-refractivity contribution >= 4 is 12.2 Å². The second-order valence-electron chi connectivity index (χ2n) is 1.49. The highest BCUT2D eigenvalue weighted by molar-refractivity contribution is 5.73. The Bertz CT molecular complexity index is 121. The van der Waals surface area contributed by atoms with E-state index in [0.29, 0.717) is 0 Å². The van der Waals surface area contributed by atoms with Crippen molar-refractivity contribution in [2.45, 2.75) is 13.0 Å². The van der Waals surface area contributed by atoms with Gasteiger partial charge in [0.25, 0.3) is 0 Å². The number of aliphatic hydroxyl groups is 1. The smallest absolute Gasteiger partial charge is 0.332 e. The second kappa shape index (κ2) is 3.85. The lowest BCUT2D eigenvalue weighted by Gasteiger charge is -1.92. The van der Waals surface area contributed by atoms with Crippen LogP contribution in [0.15, 0.2) is 5.10 Å². The zero-order chi connectivity index (χ0) is 7.28. The third-order valence-electron chi connectivity index (χ3n) is 0.465. The molecule has 0 saturated carbocycles. The van der Waals surface area contributed by atoms with Crippen molar-refractivity contribution in [3.63, 3.8) is 0 Å². The molecule has 5 heteroatoms. The van der Waals surface area contributed by atoms with Gasteiger partial charge in [-0.25, -0.2) is 10.2 Å². The summed E-state index contributed by atoms with van der Waals surface area (Å²) in [5.41, 5.74) is 6.56. The summed E-state index contributed by atoms with van der Waals surface area (Å²) in [6, 6.07) is -0.744. The molecule has 4 N–H and O–H groups in total. The topological polar surface area (TPSA) is 87.7 Å². The maximum atomic E-state index is 9.90. The van der Waals surface area contributed by atoms with Crippen molar-refractivity contribution < 1.29 is 9.90 Å². The van der Waals surface area contributed by atoms with Gasteiger partial charge in [-0.05, 0) is 6.92 Å². The van der Waals surface area contributed by atoms with Crippen LogP contribution < -0.4 is 11.2 Å². The summed E-state index contributed by atoms with van der Waals surface area (Å²) in [6.07, 6.45) is 0.488. The van der Waals surface area contributed by atoms with Crippen LogP contribution in [0.5, 0.6) is 0 Å². The number of hydrazone groups is 1. The second-order valence-corrected chi connectivity index (χ2v) is 1.49. The molecule has 0 aliphatic heterocycles. The molecular weight excluding hydrogens is 122 g/mol. The van der Waals surface area contributed by atoms with E-state index in [-0.39, 0.29) is 0 Å². The van der Waals surface area contributed by atoms with E-state index in [1.807, 2.05) is 5.43 Å². The highest BCUT2D eigenvalue weighted by atomic mass is 16.3. The monoisotopic (exact) mass is 131 g/mol. The van der Waals surface area contributed by atoms with Crippen molar-refractivity contribution in [3.05, 3.63) is 0 Å². The standard InChI is InChI=1S/C4H9N3O2/c1-3(8)2-6-7-4(5)9/h2-3,8H,1H3,(H3,5,7,9). The van der Waals surface area contributed by atoms with Gasteiger partial charge in [0, 0.05) is 0 Å². The molecule has 5 nitrogen and oxygen atoms in total. The van der Waals surface area contributed by atoms with Crippen LogP contribution in [0.4, 0.5) is 4.79 Å². The lowest BCUT2D eigenvalue weighted by atomic mass is 10.5. The van der Waals surface area contributed by atoms with Crippen LogP contribution in [0.2, 0.25) is 0 Å². The molecule has 1 atom stereocenters. The Morgan fingerprint density at radius 2 is 2.56 bits per heavy atom. The summed E-state index contributed by atoms with van der Waals surface area (Å²) >= 11 is 0. The molecule has 0 radical (unpaired) electrons. The number of urea groups is 1. The third kappa shape index (κ3) is 6.90. The number of hydrogen-bond donors (Lipinski definition) is 3. The first kappa shape index (κ1) is 7.90. The number of hydrogen-bond acceptors (Lipinski definition) is 3. The number of nitrogens with zero attached hydrogens (tertiary/aromatic N) is 1. The molecule has 0 saturated heterocycles. The van der Waals surface area contributed by atoms with Crippen LogP contribution in [0.3, 0.4) is 0 Å². The Labute approximate surface area is 52.5 Å². The molecule has 1 unspecified atom stereocenters. The van der Waals surface area contributed by atoms with Gasteiger partial charge in [0.05, 0.1) is 12.3 Å². The minimum Gasteiger partial charge on any atom is -0.388 e. The average molecular weight is 131 g/mol. The summed E-state index contributed by atoms with van der Waals surface area (Å²) in [5.74, 6) is 0. The predicted octanol–water partition coefficient (Wildman–Crippen LogP) is -0.979. The summed E-state index contributed by atoms with van der Waals surface area (Å²) in [4.78, 5) is 9.90. The minimum absolute atomic E-state index is 0.670. The van der Waals surface area contributed by atoms with Crippen LogP contribution in [-0.2, 0) is 0 Å². The van der Waals surface area contributed by atoms with Crippen LogP contribution in [0.1, 0.15) is 6.92 Å². The first-order chi connectivity index (χ1) is 4.13. The van der Waals surface area contributed by atoms with Gasteiger partial charge >= 0.3 is 6.03 Å². The highest BCUT2D eigenvalue weighted by Crippen LogP contribution is 1.69. The fraction of sp³-hybridized carbons (Fsp3) is 0.500. The normalized spacial score (nSPS) is 13.6. The number of aliphatic hydroxyl groups excluding tert-OH is 1. The highest BCUT2D eigenvalue weighted by Gasteiger charge is 1.86. The quantitative estimate of drug-likeness (QED) is 0.332. The molecule has 0 fully saturated rings. The summed E-state index contributed by atoms with van der Waals surface area (Å²) in [5, 5.41) is 11.8. The number of carbonyl (C=O) groups is 1. The first-order valence-electron chi connectivity index (χ1n) is 2.39. The van der Waals surface area contributed by atoms with Gasteiger partial charge in [-0.2, -0.15) is 5.10 Å². The van der Waals surface area contributed by atoms with Crippen LogP contribution in [-0.4, -0.2) is 23.5 Å². The molecule has 0 aliphatic carbocycles. The van der Waals surface area contributed by atoms with E-state index in [0.717, 1.165) is 6.21 Å². The van der Waals surface area contributed by atoms with Gasteiger partial charge in [-0.1, -0.05) is 0 Å². The van der Waals surface area contributed by atoms with E-state index in [2.05, 4.69) is 10.8 Å². The Hall–Kier alpha value is -1.10. The number of primary amides is 1. The van der Waals surface area contributed by atoms with E-state index in [4.69, 9.17) is 5.11 Å². The number of amides is 2. The van der Waals surface area contributed by atoms with Crippen molar-refractivity contribution in [2.75, 3.05) is 0 Å². The molecule has 0 aromatic heterocycles. The van der Waals surface area contributed by atoms with Crippen molar-refractivity contribution in [3.8, 4) is 0 Å². The van der Waals surface area contributed by atoms with E-state index in [1.54, 1.807) is 0 Å². The Kier molecular flexibility index (Phi) is 3.38. The summed E-state index contributed by atoms with van der Waals surface area (Å²) in [6.45, 7) is 1.51. The fourth-order valence-electron chi connectivity index (χ4n) is 0.209. The molecule has 0 aromatic rings. The van der Waals surface area contributed by atoms with E-state index in [1.165, 1.54) is 6.92 Å². The summed E-state index contributed by atoms with van der Waals surface area (Å²) in [7, 11) is 0. The molecule has 2 amide bonds. The summed E-state index contributed by atoms with van der Waals surface area (Å²) < 4.78 is 0. The lowest BCUT2D eigenvalue weighted by molar-refractivity contribution is 0.248. The molecule has 0 aliphatic rings. The average Bonchev–Trinajstić information content (AvgIpc) is 1.63. The molecule has 0 heterocycles. The van der Waals surface area contributed by atoms with Gasteiger partial charge in [-0.3, -0.25) is 0 Å². The Morgan fingerprint density at radius 3 is 2.89 bits per heavy atom. The molecular formula is C4H9N3O2. The van der Waals surface area contributed by atoms with Crippen LogP contribution >= 0.6 is 0 Å². The van der Waals surface area contributed by atoms with E-state index >= 15 is 0 Å². The van der Waals surface area contributed by atoms with E-state index in [9.17, 15) is 4.79 Å². The molecule has 0 spiro atoms. The molecule has 9 heavy (non-hydrogen) atoms. The lowest BCUT2D eigenvalue weighted by Crippen LogP contribution is -2.25. The third-order valence-corrected chi connectivity index (χ3v) is 0.465. The van der Waals surface area contributed by atoms with Gasteiger partial charge in [0.2, 0.25) is 0 Å². The van der Waals surface area contributed by atoms with Crippen molar-refractivity contribution in [1.82, 2.24) is 5.43 Å². The van der Waals surface area contributed by atoms with E-state index < -0.39 is 12.1 Å². The van der Waals surface area contributed by atoms with Crippen LogP contribution in [0.25, 0.3) is 0 Å². The Morgan fingerprint density at radius 1 is 2.00 bits per heavy atom. The molecule has 0 bridgehead atoms. The fourth-order valence-corrected chi connectivity index (χ4v) is 0.209. The zero-order valence-corrected chi connectivity index (χ0v) is 5.03. The maximum Gasteiger partial charge on any atom is 0.332 e. The minimum atomic E-state index is -0.744.